The van der Waals surface area contributed by atoms with Gasteiger partial charge in [-0.3, -0.25) is 4.90 Å². The van der Waals surface area contributed by atoms with Gasteiger partial charge in [0.2, 0.25) is 0 Å². The number of nitrogens with one attached hydrogen (secondary N) is 1. The van der Waals surface area contributed by atoms with Crippen LogP contribution in [0.15, 0.2) is 0 Å². The van der Waals surface area contributed by atoms with Gasteiger partial charge < -0.3 is 15.2 Å². The van der Waals surface area contributed by atoms with Gasteiger partial charge in [0.25, 0.3) is 0 Å². The van der Waals surface area contributed by atoms with Crippen molar-refractivity contribution in [1.82, 2.24) is 10.2 Å². The van der Waals surface area contributed by atoms with Gasteiger partial charge in [-0.15, -0.1) is 0 Å². The van der Waals surface area contributed by atoms with E-state index in [9.17, 15) is 5.11 Å². The lowest BCUT2D eigenvalue weighted by Crippen LogP contribution is -2.52. The van der Waals surface area contributed by atoms with Crippen LogP contribution in [0.25, 0.3) is 0 Å². The zero-order valence-corrected chi connectivity index (χ0v) is 11.5. The Morgan fingerprint density at radius 2 is 2.29 bits per heavy atom. The molecule has 0 bridgehead atoms. The molecule has 0 aromatic carbocycles. The Kier molecular flexibility index (Phi) is 6.41. The summed E-state index contributed by atoms with van der Waals surface area (Å²) in [5, 5.41) is 12.7. The van der Waals surface area contributed by atoms with E-state index >= 15 is 0 Å². The predicted molar refractivity (Wildman–Crippen MR) is 70.2 cm³/mol. The van der Waals surface area contributed by atoms with E-state index in [2.05, 4.69) is 24.1 Å². The highest BCUT2D eigenvalue weighted by atomic mass is 16.5. The Balaban J connectivity index is 2.57. The maximum Gasteiger partial charge on any atom is 0.0644 e. The van der Waals surface area contributed by atoms with E-state index in [0.29, 0.717) is 6.61 Å². The van der Waals surface area contributed by atoms with Gasteiger partial charge in [0.05, 0.1) is 25.9 Å². The van der Waals surface area contributed by atoms with E-state index < -0.39 is 0 Å². The second-order valence-electron chi connectivity index (χ2n) is 5.47. The molecular formula is C13H28N2O2. The molecule has 0 saturated carbocycles. The molecule has 4 heteroatoms. The van der Waals surface area contributed by atoms with E-state index in [1.807, 2.05) is 7.05 Å². The van der Waals surface area contributed by atoms with Crippen molar-refractivity contribution in [2.75, 3.05) is 46.5 Å². The van der Waals surface area contributed by atoms with Crippen LogP contribution in [-0.2, 0) is 4.74 Å². The molecule has 0 aliphatic carbocycles. The zero-order valence-electron chi connectivity index (χ0n) is 11.5. The Hall–Kier alpha value is -0.160. The Labute approximate surface area is 105 Å². The van der Waals surface area contributed by atoms with Crippen LogP contribution in [0.1, 0.15) is 26.7 Å². The minimum atomic E-state index is 0.178. The minimum absolute atomic E-state index is 0.178. The molecule has 1 fully saturated rings. The Morgan fingerprint density at radius 3 is 2.88 bits per heavy atom. The van der Waals surface area contributed by atoms with Gasteiger partial charge in [0.1, 0.15) is 0 Å². The molecule has 2 unspecified atom stereocenters. The number of aliphatic hydroxyl groups excluding tert-OH is 1. The first kappa shape index (κ1) is 14.9. The number of hydrogen-bond donors (Lipinski definition) is 2. The second kappa shape index (κ2) is 7.31. The molecule has 0 radical (unpaired) electrons. The first-order valence-corrected chi connectivity index (χ1v) is 6.72. The van der Waals surface area contributed by atoms with Crippen LogP contribution in [0.3, 0.4) is 0 Å². The number of ether oxygens (including phenoxy) is 1. The lowest BCUT2D eigenvalue weighted by molar-refractivity contribution is -0.0434. The molecule has 0 aromatic heterocycles. The van der Waals surface area contributed by atoms with Gasteiger partial charge in [0.15, 0.2) is 0 Å². The fourth-order valence-electron chi connectivity index (χ4n) is 2.81. The number of nitrogens with zero attached hydrogens (tertiary/aromatic N) is 1. The van der Waals surface area contributed by atoms with Crippen LogP contribution in [0, 0.1) is 5.41 Å². The Bertz CT molecular complexity index is 206. The molecule has 0 aromatic rings. The summed E-state index contributed by atoms with van der Waals surface area (Å²) in [6.07, 6.45) is 2.41. The van der Waals surface area contributed by atoms with E-state index in [-0.39, 0.29) is 18.1 Å². The molecule has 1 aliphatic heterocycles. The first-order valence-electron chi connectivity index (χ1n) is 6.72. The quantitative estimate of drug-likeness (QED) is 0.692. The van der Waals surface area contributed by atoms with Crippen molar-refractivity contribution >= 4 is 0 Å². The highest BCUT2D eigenvalue weighted by Crippen LogP contribution is 2.25. The molecule has 1 heterocycles. The van der Waals surface area contributed by atoms with E-state index in [1.54, 1.807) is 0 Å². The molecule has 0 amide bonds. The van der Waals surface area contributed by atoms with Crippen molar-refractivity contribution in [3.05, 3.63) is 0 Å². The average molecular weight is 244 g/mol. The standard InChI is InChI=1S/C13H28N2O2/c1-4-5-13(2,10-14-3)11-15-6-7-17-9-12(15)8-16/h12,14,16H,4-11H2,1-3H3. The molecule has 17 heavy (non-hydrogen) atoms. The number of hydrogen-bond acceptors (Lipinski definition) is 4. The predicted octanol–water partition coefficient (Wildman–Crippen LogP) is 0.705. The lowest BCUT2D eigenvalue weighted by atomic mass is 9.84. The average Bonchev–Trinajstić information content (AvgIpc) is 2.30. The van der Waals surface area contributed by atoms with Crippen molar-refractivity contribution in [2.24, 2.45) is 5.41 Å². The third-order valence-electron chi connectivity index (χ3n) is 3.60. The summed E-state index contributed by atoms with van der Waals surface area (Å²) >= 11 is 0. The summed E-state index contributed by atoms with van der Waals surface area (Å²) < 4.78 is 5.42. The van der Waals surface area contributed by atoms with E-state index in [0.717, 1.165) is 26.2 Å². The monoisotopic (exact) mass is 244 g/mol. The third kappa shape index (κ3) is 4.54. The van der Waals surface area contributed by atoms with Crippen LogP contribution in [0.4, 0.5) is 0 Å². The molecule has 4 nitrogen and oxygen atoms in total. The van der Waals surface area contributed by atoms with Gasteiger partial charge in [0, 0.05) is 19.6 Å². The summed E-state index contributed by atoms with van der Waals surface area (Å²) in [7, 11) is 2.01. The van der Waals surface area contributed by atoms with Gasteiger partial charge in [-0.25, -0.2) is 0 Å². The van der Waals surface area contributed by atoms with Crippen molar-refractivity contribution in [2.45, 2.75) is 32.7 Å². The molecule has 102 valence electrons. The van der Waals surface area contributed by atoms with Crippen molar-refractivity contribution in [1.29, 1.82) is 0 Å². The van der Waals surface area contributed by atoms with Crippen LogP contribution < -0.4 is 5.32 Å². The molecule has 2 N–H and O–H groups in total. The molecule has 1 rings (SSSR count). The summed E-state index contributed by atoms with van der Waals surface area (Å²) in [5.41, 5.74) is 0.286. The largest absolute Gasteiger partial charge is 0.395 e. The number of rotatable bonds is 7. The van der Waals surface area contributed by atoms with Gasteiger partial charge in [-0.2, -0.15) is 0 Å². The minimum Gasteiger partial charge on any atom is -0.395 e. The number of aliphatic hydroxyl groups is 1. The smallest absolute Gasteiger partial charge is 0.0644 e. The van der Waals surface area contributed by atoms with Gasteiger partial charge in [-0.05, 0) is 18.9 Å². The number of morpholine rings is 1. The Morgan fingerprint density at radius 1 is 1.53 bits per heavy atom. The topological polar surface area (TPSA) is 44.7 Å². The maximum absolute atomic E-state index is 9.38. The molecule has 2 atom stereocenters. The fraction of sp³-hybridized carbons (Fsp3) is 1.00. The summed E-state index contributed by atoms with van der Waals surface area (Å²) in [5.74, 6) is 0. The van der Waals surface area contributed by atoms with Gasteiger partial charge in [-0.1, -0.05) is 20.3 Å². The van der Waals surface area contributed by atoms with E-state index in [4.69, 9.17) is 4.74 Å². The maximum atomic E-state index is 9.38. The molecule has 0 spiro atoms. The SMILES string of the molecule is CCCC(C)(CNC)CN1CCOCC1CO. The third-order valence-corrected chi connectivity index (χ3v) is 3.60. The van der Waals surface area contributed by atoms with E-state index in [1.165, 1.54) is 12.8 Å². The molecular weight excluding hydrogens is 216 g/mol. The van der Waals surface area contributed by atoms with Crippen LogP contribution in [0.2, 0.25) is 0 Å². The molecule has 1 saturated heterocycles. The van der Waals surface area contributed by atoms with Crippen LogP contribution >= 0.6 is 0 Å². The summed E-state index contributed by atoms with van der Waals surface area (Å²) in [6.45, 7) is 9.22. The highest BCUT2D eigenvalue weighted by Gasteiger charge is 2.30. The normalized spacial score (nSPS) is 25.8. The van der Waals surface area contributed by atoms with Crippen LogP contribution in [0.5, 0.6) is 0 Å². The fourth-order valence-corrected chi connectivity index (χ4v) is 2.81. The molecule has 1 aliphatic rings. The highest BCUT2D eigenvalue weighted by molar-refractivity contribution is 4.84. The summed E-state index contributed by atoms with van der Waals surface area (Å²) in [4.78, 5) is 2.39. The van der Waals surface area contributed by atoms with Crippen molar-refractivity contribution in [3.63, 3.8) is 0 Å². The van der Waals surface area contributed by atoms with Crippen molar-refractivity contribution in [3.8, 4) is 0 Å². The lowest BCUT2D eigenvalue weighted by Gasteiger charge is -2.41. The van der Waals surface area contributed by atoms with Gasteiger partial charge >= 0.3 is 0 Å². The second-order valence-corrected chi connectivity index (χ2v) is 5.47. The zero-order chi connectivity index (χ0) is 12.7. The van der Waals surface area contributed by atoms with Crippen LogP contribution in [-0.4, -0.2) is 62.6 Å². The first-order chi connectivity index (χ1) is 8.15. The van der Waals surface area contributed by atoms with Crippen molar-refractivity contribution < 1.29 is 9.84 Å². The summed E-state index contributed by atoms with van der Waals surface area (Å²) in [6, 6.07) is 0.178.